The first-order valence-corrected chi connectivity index (χ1v) is 26.7. The molecule has 0 aromatic rings. The molecular weight excluding hydrogens is 745 g/mol. The largest absolute Gasteiger partial charge is 0.462 e. The molecule has 0 amide bonds. The molecule has 0 fully saturated rings. The van der Waals surface area contributed by atoms with Crippen LogP contribution >= 0.6 is 0 Å². The van der Waals surface area contributed by atoms with Crippen molar-refractivity contribution in [1.82, 2.24) is 0 Å². The molecule has 0 unspecified atom stereocenters. The highest BCUT2D eigenvalue weighted by Crippen LogP contribution is 2.17. The first-order valence-electron chi connectivity index (χ1n) is 26.7. The average Bonchev–Trinajstić information content (AvgIpc) is 3.22. The number of hydrogen-bond donors (Lipinski definition) is 0. The third-order valence-electron chi connectivity index (χ3n) is 12.2. The van der Waals surface area contributed by atoms with Gasteiger partial charge in [0.25, 0.3) is 0 Å². The molecule has 0 saturated heterocycles. The number of carbonyl (C=O) groups is 3. The monoisotopic (exact) mass is 849 g/mol. The van der Waals surface area contributed by atoms with Crippen molar-refractivity contribution in [1.29, 1.82) is 0 Å². The Morgan fingerprint density at radius 1 is 0.317 bits per heavy atom. The minimum atomic E-state index is -0.762. The Bertz CT molecular complexity index is 916. The summed E-state index contributed by atoms with van der Waals surface area (Å²) in [5, 5.41) is 0. The fraction of sp³-hybridized carbons (Fsp3) is 0.944. The molecule has 0 spiro atoms. The van der Waals surface area contributed by atoms with E-state index in [0.717, 1.165) is 69.6 Å². The summed E-state index contributed by atoms with van der Waals surface area (Å²) in [5.74, 6) is 0.804. The third kappa shape index (κ3) is 47.5. The van der Waals surface area contributed by atoms with Gasteiger partial charge < -0.3 is 14.2 Å². The summed E-state index contributed by atoms with van der Waals surface area (Å²) in [6, 6.07) is 0. The van der Waals surface area contributed by atoms with Gasteiger partial charge in [0, 0.05) is 19.3 Å². The number of unbranched alkanes of at least 4 members (excludes halogenated alkanes) is 33. The Hall–Kier alpha value is -1.59. The van der Waals surface area contributed by atoms with Crippen LogP contribution in [0.1, 0.15) is 298 Å². The van der Waals surface area contributed by atoms with Crippen molar-refractivity contribution in [3.05, 3.63) is 0 Å². The fourth-order valence-electron chi connectivity index (χ4n) is 8.17. The second-order valence-electron chi connectivity index (χ2n) is 19.5. The van der Waals surface area contributed by atoms with Crippen molar-refractivity contribution in [3.8, 4) is 0 Å². The maximum Gasteiger partial charge on any atom is 0.306 e. The number of esters is 3. The molecule has 0 radical (unpaired) electrons. The van der Waals surface area contributed by atoms with Gasteiger partial charge in [0.1, 0.15) is 13.2 Å². The second-order valence-corrected chi connectivity index (χ2v) is 19.5. The van der Waals surface area contributed by atoms with Crippen LogP contribution in [0.3, 0.4) is 0 Å². The molecule has 60 heavy (non-hydrogen) atoms. The first-order chi connectivity index (χ1) is 29.2. The fourth-order valence-corrected chi connectivity index (χ4v) is 8.17. The van der Waals surface area contributed by atoms with Gasteiger partial charge in [-0.15, -0.1) is 0 Å². The maximum atomic E-state index is 12.8. The van der Waals surface area contributed by atoms with Crippen LogP contribution in [0.25, 0.3) is 0 Å². The van der Waals surface area contributed by atoms with E-state index in [1.807, 2.05) is 0 Å². The first kappa shape index (κ1) is 58.4. The summed E-state index contributed by atoms with van der Waals surface area (Å²) in [6.45, 7) is 11.4. The Labute approximate surface area is 374 Å². The van der Waals surface area contributed by atoms with Crippen molar-refractivity contribution >= 4 is 17.9 Å². The number of rotatable bonds is 48. The Kier molecular flexibility index (Phi) is 45.7. The van der Waals surface area contributed by atoms with E-state index in [0.29, 0.717) is 19.3 Å². The summed E-state index contributed by atoms with van der Waals surface area (Å²) in [6.07, 6.45) is 48.0. The Morgan fingerprint density at radius 3 is 0.817 bits per heavy atom. The van der Waals surface area contributed by atoms with Gasteiger partial charge in [0.2, 0.25) is 0 Å². The summed E-state index contributed by atoms with van der Waals surface area (Å²) < 4.78 is 16.8. The lowest BCUT2D eigenvalue weighted by Gasteiger charge is -2.18. The topological polar surface area (TPSA) is 78.9 Å². The van der Waals surface area contributed by atoms with Crippen molar-refractivity contribution in [3.63, 3.8) is 0 Å². The molecule has 6 heteroatoms. The molecule has 0 bridgehead atoms. The van der Waals surface area contributed by atoms with Gasteiger partial charge >= 0.3 is 17.9 Å². The molecule has 0 aliphatic rings. The predicted molar refractivity (Wildman–Crippen MR) is 256 cm³/mol. The Balaban J connectivity index is 4.31. The van der Waals surface area contributed by atoms with Crippen molar-refractivity contribution in [2.75, 3.05) is 13.2 Å². The third-order valence-corrected chi connectivity index (χ3v) is 12.2. The molecule has 0 saturated carbocycles. The molecule has 0 aromatic carbocycles. The molecule has 0 aliphatic carbocycles. The minimum absolute atomic E-state index is 0.0634. The molecule has 0 aliphatic heterocycles. The van der Waals surface area contributed by atoms with E-state index in [2.05, 4.69) is 34.6 Å². The standard InChI is InChI=1S/C54H104O6/c1-6-7-8-9-10-11-12-13-14-18-24-29-34-39-44-52(55)58-47-51(60-54(57)46-41-36-31-26-21-20-23-28-33-38-43-50(4)5)48-59-53(56)45-40-35-30-25-19-16-15-17-22-27-32-37-42-49(2)3/h49-51H,6-48H2,1-5H3/t51-/m0/s1. The number of hydrogen-bond acceptors (Lipinski definition) is 6. The van der Waals surface area contributed by atoms with Gasteiger partial charge in [-0.2, -0.15) is 0 Å². The molecule has 0 N–H and O–H groups in total. The Morgan fingerprint density at radius 2 is 0.550 bits per heavy atom. The van der Waals surface area contributed by atoms with Crippen LogP contribution in [0.2, 0.25) is 0 Å². The van der Waals surface area contributed by atoms with Crippen LogP contribution in [-0.4, -0.2) is 37.2 Å². The highest BCUT2D eigenvalue weighted by Gasteiger charge is 2.19. The lowest BCUT2D eigenvalue weighted by atomic mass is 10.0. The summed E-state index contributed by atoms with van der Waals surface area (Å²) >= 11 is 0. The molecule has 0 aromatic heterocycles. The molecule has 0 heterocycles. The molecular formula is C54H104O6. The van der Waals surface area contributed by atoms with E-state index >= 15 is 0 Å². The SMILES string of the molecule is CCCCCCCCCCCCCCCCC(=O)OC[C@@H](COC(=O)CCCCCCCCCCCCCCC(C)C)OC(=O)CCCCCCCCCCCCC(C)C. The molecule has 1 atom stereocenters. The maximum absolute atomic E-state index is 12.8. The van der Waals surface area contributed by atoms with E-state index in [9.17, 15) is 14.4 Å². The highest BCUT2D eigenvalue weighted by molar-refractivity contribution is 5.71. The summed E-state index contributed by atoms with van der Waals surface area (Å²) in [5.41, 5.74) is 0. The molecule has 0 rings (SSSR count). The van der Waals surface area contributed by atoms with E-state index < -0.39 is 6.10 Å². The van der Waals surface area contributed by atoms with Crippen LogP contribution in [0.5, 0.6) is 0 Å². The normalized spacial score (nSPS) is 12.1. The zero-order chi connectivity index (χ0) is 44.0. The summed E-state index contributed by atoms with van der Waals surface area (Å²) in [7, 11) is 0. The van der Waals surface area contributed by atoms with Gasteiger partial charge in [-0.25, -0.2) is 0 Å². The lowest BCUT2D eigenvalue weighted by molar-refractivity contribution is -0.167. The highest BCUT2D eigenvalue weighted by atomic mass is 16.6. The van der Waals surface area contributed by atoms with Crippen LogP contribution in [0.15, 0.2) is 0 Å². The van der Waals surface area contributed by atoms with E-state index in [1.165, 1.54) is 186 Å². The van der Waals surface area contributed by atoms with Gasteiger partial charge in [-0.05, 0) is 31.1 Å². The van der Waals surface area contributed by atoms with Gasteiger partial charge in [0.05, 0.1) is 0 Å². The minimum Gasteiger partial charge on any atom is -0.462 e. The van der Waals surface area contributed by atoms with E-state index in [-0.39, 0.29) is 31.1 Å². The van der Waals surface area contributed by atoms with E-state index in [4.69, 9.17) is 14.2 Å². The summed E-state index contributed by atoms with van der Waals surface area (Å²) in [4.78, 5) is 38.0. The predicted octanol–water partition coefficient (Wildman–Crippen LogP) is 17.3. The van der Waals surface area contributed by atoms with Gasteiger partial charge in [-0.1, -0.05) is 259 Å². The molecule has 356 valence electrons. The van der Waals surface area contributed by atoms with Crippen molar-refractivity contribution in [2.45, 2.75) is 304 Å². The van der Waals surface area contributed by atoms with Crippen molar-refractivity contribution in [2.24, 2.45) is 11.8 Å². The van der Waals surface area contributed by atoms with Gasteiger partial charge in [0.15, 0.2) is 6.10 Å². The second kappa shape index (κ2) is 46.9. The number of carbonyl (C=O) groups excluding carboxylic acids is 3. The molecule has 6 nitrogen and oxygen atoms in total. The zero-order valence-corrected chi connectivity index (χ0v) is 41.1. The smallest absolute Gasteiger partial charge is 0.306 e. The lowest BCUT2D eigenvalue weighted by Crippen LogP contribution is -2.30. The van der Waals surface area contributed by atoms with E-state index in [1.54, 1.807) is 0 Å². The number of ether oxygens (including phenoxy) is 3. The average molecular weight is 849 g/mol. The quantitative estimate of drug-likeness (QED) is 0.0345. The van der Waals surface area contributed by atoms with Crippen LogP contribution < -0.4 is 0 Å². The van der Waals surface area contributed by atoms with Crippen LogP contribution in [-0.2, 0) is 28.6 Å². The van der Waals surface area contributed by atoms with Crippen LogP contribution in [0, 0.1) is 11.8 Å². The van der Waals surface area contributed by atoms with Crippen molar-refractivity contribution < 1.29 is 28.6 Å². The zero-order valence-electron chi connectivity index (χ0n) is 41.1. The van der Waals surface area contributed by atoms with Gasteiger partial charge in [-0.3, -0.25) is 14.4 Å². The van der Waals surface area contributed by atoms with Crippen LogP contribution in [0.4, 0.5) is 0 Å².